The predicted molar refractivity (Wildman–Crippen MR) is 94.8 cm³/mol. The normalized spacial score (nSPS) is 11.0. The lowest BCUT2D eigenvalue weighted by molar-refractivity contribution is -0.117. The van der Waals surface area contributed by atoms with Gasteiger partial charge in [-0.1, -0.05) is 42.5 Å². The Hall–Kier alpha value is -1.65. The van der Waals surface area contributed by atoms with Crippen LogP contribution in [-0.2, 0) is 11.3 Å². The summed E-state index contributed by atoms with van der Waals surface area (Å²) in [6.45, 7) is 5.35. The molecule has 116 valence electrons. The third-order valence-corrected chi connectivity index (χ3v) is 4.14. The molecule has 2 aromatic carbocycles. The summed E-state index contributed by atoms with van der Waals surface area (Å²) in [6.07, 6.45) is 0. The smallest absolute Gasteiger partial charge is 0.238 e. The second-order valence-electron chi connectivity index (χ2n) is 5.51. The number of nitrogens with one attached hydrogen (secondary N) is 1. The van der Waals surface area contributed by atoms with Gasteiger partial charge in [-0.05, 0) is 47.5 Å². The first kappa shape index (κ1) is 16.7. The van der Waals surface area contributed by atoms with E-state index in [2.05, 4.69) is 52.1 Å². The van der Waals surface area contributed by atoms with Gasteiger partial charge in [-0.3, -0.25) is 9.69 Å². The summed E-state index contributed by atoms with van der Waals surface area (Å²) in [6, 6.07) is 18.2. The molecule has 0 aliphatic carbocycles. The Balaban J connectivity index is 1.99. The zero-order valence-electron chi connectivity index (χ0n) is 12.9. The first-order valence-electron chi connectivity index (χ1n) is 7.38. The summed E-state index contributed by atoms with van der Waals surface area (Å²) in [7, 11) is 0. The molecule has 1 N–H and O–H groups in total. The molecule has 0 bridgehead atoms. The van der Waals surface area contributed by atoms with Crippen LogP contribution in [0.15, 0.2) is 59.1 Å². The minimum atomic E-state index is -0.00321. The van der Waals surface area contributed by atoms with Crippen LogP contribution in [0.3, 0.4) is 0 Å². The molecule has 0 spiro atoms. The van der Waals surface area contributed by atoms with Gasteiger partial charge >= 0.3 is 0 Å². The molecule has 0 radical (unpaired) electrons. The summed E-state index contributed by atoms with van der Waals surface area (Å²) >= 11 is 3.45. The van der Waals surface area contributed by atoms with Gasteiger partial charge in [0.15, 0.2) is 0 Å². The van der Waals surface area contributed by atoms with Gasteiger partial charge in [-0.15, -0.1) is 0 Å². The van der Waals surface area contributed by atoms with Gasteiger partial charge in [-0.2, -0.15) is 0 Å². The van der Waals surface area contributed by atoms with E-state index in [9.17, 15) is 4.79 Å². The molecule has 0 aromatic heterocycles. The minimum Gasteiger partial charge on any atom is -0.324 e. The molecule has 0 aliphatic rings. The molecule has 0 unspecified atom stereocenters. The Morgan fingerprint density at radius 3 is 2.36 bits per heavy atom. The van der Waals surface area contributed by atoms with E-state index in [1.54, 1.807) is 0 Å². The van der Waals surface area contributed by atoms with Gasteiger partial charge in [-0.25, -0.2) is 0 Å². The van der Waals surface area contributed by atoms with E-state index in [1.807, 2.05) is 42.5 Å². The second-order valence-corrected chi connectivity index (χ2v) is 6.37. The second kappa shape index (κ2) is 8.11. The van der Waals surface area contributed by atoms with Crippen molar-refractivity contribution >= 4 is 27.5 Å². The first-order chi connectivity index (χ1) is 10.6. The number of carbonyl (C=O) groups is 1. The molecular weight excluding hydrogens is 340 g/mol. The van der Waals surface area contributed by atoms with Crippen LogP contribution in [0.1, 0.15) is 19.4 Å². The lowest BCUT2D eigenvalue weighted by Gasteiger charge is -2.26. The quantitative estimate of drug-likeness (QED) is 0.832. The first-order valence-corrected chi connectivity index (χ1v) is 8.18. The number of carbonyl (C=O) groups excluding carboxylic acids is 1. The van der Waals surface area contributed by atoms with Crippen molar-refractivity contribution in [2.24, 2.45) is 0 Å². The molecule has 0 saturated heterocycles. The molecule has 0 saturated carbocycles. The van der Waals surface area contributed by atoms with Crippen molar-refractivity contribution in [2.75, 3.05) is 11.9 Å². The number of para-hydroxylation sites is 1. The number of halogens is 1. The Morgan fingerprint density at radius 1 is 1.09 bits per heavy atom. The van der Waals surface area contributed by atoms with Crippen molar-refractivity contribution in [3.8, 4) is 0 Å². The molecule has 2 rings (SSSR count). The molecule has 0 heterocycles. The zero-order chi connectivity index (χ0) is 15.9. The number of hydrogen-bond donors (Lipinski definition) is 1. The number of nitrogens with zero attached hydrogens (tertiary/aromatic N) is 1. The van der Waals surface area contributed by atoms with Crippen LogP contribution in [0.5, 0.6) is 0 Å². The van der Waals surface area contributed by atoms with Crippen molar-refractivity contribution in [1.29, 1.82) is 0 Å². The van der Waals surface area contributed by atoms with E-state index in [0.29, 0.717) is 12.6 Å². The monoisotopic (exact) mass is 360 g/mol. The molecule has 0 atom stereocenters. The lowest BCUT2D eigenvalue weighted by Crippen LogP contribution is -2.37. The predicted octanol–water partition coefficient (Wildman–Crippen LogP) is 4.30. The molecule has 22 heavy (non-hydrogen) atoms. The summed E-state index contributed by atoms with van der Waals surface area (Å²) < 4.78 is 0.891. The van der Waals surface area contributed by atoms with Gasteiger partial charge in [0.25, 0.3) is 0 Å². The van der Waals surface area contributed by atoms with Gasteiger partial charge in [0.2, 0.25) is 5.91 Å². The lowest BCUT2D eigenvalue weighted by atomic mass is 10.2. The molecule has 3 nitrogen and oxygen atoms in total. The maximum atomic E-state index is 12.3. The fourth-order valence-corrected chi connectivity index (χ4v) is 2.56. The third kappa shape index (κ3) is 4.97. The molecule has 0 fully saturated rings. The van der Waals surface area contributed by atoms with E-state index in [4.69, 9.17) is 0 Å². The van der Waals surface area contributed by atoms with Gasteiger partial charge in [0, 0.05) is 17.1 Å². The van der Waals surface area contributed by atoms with Crippen molar-refractivity contribution in [2.45, 2.75) is 26.4 Å². The SMILES string of the molecule is CC(C)N(CC(=O)Nc1ccccc1Br)Cc1ccccc1. The van der Waals surface area contributed by atoms with Gasteiger partial charge < -0.3 is 5.32 Å². The number of rotatable bonds is 6. The summed E-state index contributed by atoms with van der Waals surface area (Å²) in [5.74, 6) is -0.00321. The average molecular weight is 361 g/mol. The summed E-state index contributed by atoms with van der Waals surface area (Å²) in [5.41, 5.74) is 2.01. The van der Waals surface area contributed by atoms with Crippen LogP contribution in [-0.4, -0.2) is 23.4 Å². The Bertz CT molecular complexity index is 613. The number of amides is 1. The summed E-state index contributed by atoms with van der Waals surface area (Å²) in [4.78, 5) is 14.5. The van der Waals surface area contributed by atoms with Crippen molar-refractivity contribution in [3.63, 3.8) is 0 Å². The standard InChI is InChI=1S/C18H21BrN2O/c1-14(2)21(12-15-8-4-3-5-9-15)13-18(22)20-17-11-7-6-10-16(17)19/h3-11,14H,12-13H2,1-2H3,(H,20,22). The van der Waals surface area contributed by atoms with Crippen LogP contribution in [0.2, 0.25) is 0 Å². The van der Waals surface area contributed by atoms with Crippen LogP contribution in [0.4, 0.5) is 5.69 Å². The highest BCUT2D eigenvalue weighted by atomic mass is 79.9. The maximum Gasteiger partial charge on any atom is 0.238 e. The Labute approximate surface area is 140 Å². The topological polar surface area (TPSA) is 32.3 Å². The molecule has 1 amide bonds. The Kier molecular flexibility index (Phi) is 6.16. The van der Waals surface area contributed by atoms with Crippen LogP contribution in [0.25, 0.3) is 0 Å². The van der Waals surface area contributed by atoms with E-state index in [1.165, 1.54) is 5.56 Å². The van der Waals surface area contributed by atoms with Gasteiger partial charge in [0.05, 0.1) is 12.2 Å². The average Bonchev–Trinajstić information content (AvgIpc) is 2.50. The zero-order valence-corrected chi connectivity index (χ0v) is 14.5. The summed E-state index contributed by atoms with van der Waals surface area (Å²) in [5, 5.41) is 2.95. The highest BCUT2D eigenvalue weighted by Crippen LogP contribution is 2.21. The highest BCUT2D eigenvalue weighted by Gasteiger charge is 2.15. The minimum absolute atomic E-state index is 0.00321. The number of hydrogen-bond acceptors (Lipinski definition) is 2. The largest absolute Gasteiger partial charge is 0.324 e. The highest BCUT2D eigenvalue weighted by molar-refractivity contribution is 9.10. The molecule has 4 heteroatoms. The molecule has 2 aromatic rings. The van der Waals surface area contributed by atoms with Crippen molar-refractivity contribution in [3.05, 3.63) is 64.6 Å². The van der Waals surface area contributed by atoms with E-state index >= 15 is 0 Å². The van der Waals surface area contributed by atoms with Crippen molar-refractivity contribution in [1.82, 2.24) is 4.90 Å². The third-order valence-electron chi connectivity index (χ3n) is 3.45. The molecular formula is C18H21BrN2O. The Morgan fingerprint density at radius 2 is 1.73 bits per heavy atom. The van der Waals surface area contributed by atoms with Crippen LogP contribution in [0, 0.1) is 0 Å². The van der Waals surface area contributed by atoms with E-state index < -0.39 is 0 Å². The van der Waals surface area contributed by atoms with Crippen LogP contribution < -0.4 is 5.32 Å². The van der Waals surface area contributed by atoms with Crippen molar-refractivity contribution < 1.29 is 4.79 Å². The number of anilines is 1. The van der Waals surface area contributed by atoms with Gasteiger partial charge in [0.1, 0.15) is 0 Å². The number of benzene rings is 2. The fraction of sp³-hybridized carbons (Fsp3) is 0.278. The molecule has 0 aliphatic heterocycles. The fourth-order valence-electron chi connectivity index (χ4n) is 2.18. The van der Waals surface area contributed by atoms with E-state index in [0.717, 1.165) is 16.7 Å². The maximum absolute atomic E-state index is 12.3. The van der Waals surface area contributed by atoms with E-state index in [-0.39, 0.29) is 5.91 Å². The van der Waals surface area contributed by atoms with Crippen LogP contribution >= 0.6 is 15.9 Å².